The van der Waals surface area contributed by atoms with Crippen molar-refractivity contribution < 1.29 is 22.3 Å². The molecule has 1 rings (SSSR count). The fourth-order valence-corrected chi connectivity index (χ4v) is 2.24. The van der Waals surface area contributed by atoms with Crippen LogP contribution in [0.5, 0.6) is 5.75 Å². The summed E-state index contributed by atoms with van der Waals surface area (Å²) in [5.74, 6) is -1.74. The number of primary amides is 1. The maximum absolute atomic E-state index is 13.0. The van der Waals surface area contributed by atoms with Gasteiger partial charge in [-0.15, -0.1) is 0 Å². The quantitative estimate of drug-likeness (QED) is 0.832. The summed E-state index contributed by atoms with van der Waals surface area (Å²) in [6, 6.07) is 2.79. The second-order valence-electron chi connectivity index (χ2n) is 3.45. The van der Waals surface area contributed by atoms with E-state index in [4.69, 9.17) is 21.2 Å². The van der Waals surface area contributed by atoms with Crippen molar-refractivity contribution in [1.29, 1.82) is 0 Å². The summed E-state index contributed by atoms with van der Waals surface area (Å²) >= 11 is 0. The highest BCUT2D eigenvalue weighted by Gasteiger charge is 2.22. The van der Waals surface area contributed by atoms with Gasteiger partial charge in [-0.1, -0.05) is 6.92 Å². The Hall–Kier alpha value is -1.34. The highest BCUT2D eigenvalue weighted by Crippen LogP contribution is 2.28. The molecule has 1 aromatic rings. The average molecular weight is 296 g/mol. The minimum atomic E-state index is -4.18. The first-order valence-electron chi connectivity index (χ1n) is 4.96. The smallest absolute Gasteiger partial charge is 0.265 e. The third-order valence-corrected chi connectivity index (χ3v) is 3.47. The van der Waals surface area contributed by atoms with E-state index >= 15 is 0 Å². The van der Waals surface area contributed by atoms with E-state index in [2.05, 4.69) is 0 Å². The van der Waals surface area contributed by atoms with Crippen molar-refractivity contribution in [1.82, 2.24) is 0 Å². The van der Waals surface area contributed by atoms with Gasteiger partial charge < -0.3 is 10.5 Å². The van der Waals surface area contributed by atoms with Crippen molar-refractivity contribution >= 4 is 25.6 Å². The van der Waals surface area contributed by atoms with Gasteiger partial charge in [0.1, 0.15) is 16.5 Å². The van der Waals surface area contributed by atoms with E-state index in [1.54, 1.807) is 6.92 Å². The van der Waals surface area contributed by atoms with Crippen molar-refractivity contribution in [2.75, 3.05) is 0 Å². The first-order chi connectivity index (χ1) is 8.25. The van der Waals surface area contributed by atoms with Crippen LogP contribution in [0.15, 0.2) is 23.1 Å². The first kappa shape index (κ1) is 14.7. The van der Waals surface area contributed by atoms with Gasteiger partial charge in [0, 0.05) is 10.7 Å². The maximum Gasteiger partial charge on any atom is 0.265 e. The van der Waals surface area contributed by atoms with Crippen LogP contribution in [0, 0.1) is 5.82 Å². The van der Waals surface area contributed by atoms with E-state index in [1.165, 1.54) is 0 Å². The number of halogens is 2. The number of nitrogens with two attached hydrogens (primary N) is 1. The van der Waals surface area contributed by atoms with E-state index in [-0.39, 0.29) is 12.2 Å². The number of rotatable bonds is 5. The van der Waals surface area contributed by atoms with Crippen LogP contribution in [0.3, 0.4) is 0 Å². The van der Waals surface area contributed by atoms with E-state index < -0.39 is 31.8 Å². The van der Waals surface area contributed by atoms with Gasteiger partial charge in [0.05, 0.1) is 0 Å². The van der Waals surface area contributed by atoms with Crippen LogP contribution >= 0.6 is 10.7 Å². The van der Waals surface area contributed by atoms with Crippen LogP contribution in [0.2, 0.25) is 0 Å². The van der Waals surface area contributed by atoms with Crippen LogP contribution in [-0.4, -0.2) is 20.4 Å². The maximum atomic E-state index is 13.0. The zero-order valence-corrected chi connectivity index (χ0v) is 11.0. The number of carbonyl (C=O) groups excluding carboxylic acids is 1. The van der Waals surface area contributed by atoms with Crippen molar-refractivity contribution in [3.05, 3.63) is 24.0 Å². The number of hydrogen-bond acceptors (Lipinski definition) is 4. The standard InChI is InChI=1S/C10H11ClFNO4S/c1-2-7(10(13)14)17-8-4-3-6(12)5-9(8)18(11,15)16/h3-5,7H,2H2,1H3,(H2,13,14). The van der Waals surface area contributed by atoms with Crippen LogP contribution in [0.4, 0.5) is 4.39 Å². The van der Waals surface area contributed by atoms with Crippen LogP contribution in [0.1, 0.15) is 13.3 Å². The molecule has 0 fully saturated rings. The summed E-state index contributed by atoms with van der Waals surface area (Å²) in [7, 11) is 0.971. The molecule has 0 aliphatic heterocycles. The lowest BCUT2D eigenvalue weighted by molar-refractivity contribution is -0.124. The molecule has 0 saturated carbocycles. The van der Waals surface area contributed by atoms with Gasteiger partial charge in [0.25, 0.3) is 15.0 Å². The molecule has 18 heavy (non-hydrogen) atoms. The summed E-state index contributed by atoms with van der Waals surface area (Å²) in [4.78, 5) is 10.5. The van der Waals surface area contributed by atoms with Gasteiger partial charge in [-0.05, 0) is 24.6 Å². The molecule has 0 aromatic heterocycles. The van der Waals surface area contributed by atoms with Gasteiger partial charge in [0.2, 0.25) is 0 Å². The minimum Gasteiger partial charge on any atom is -0.479 e. The van der Waals surface area contributed by atoms with Gasteiger partial charge in [-0.3, -0.25) is 4.79 Å². The number of amides is 1. The zero-order chi connectivity index (χ0) is 13.9. The van der Waals surface area contributed by atoms with E-state index in [0.717, 1.165) is 12.1 Å². The normalized spacial score (nSPS) is 13.1. The predicted octanol–water partition coefficient (Wildman–Crippen LogP) is 1.40. The molecule has 0 radical (unpaired) electrons. The van der Waals surface area contributed by atoms with Crippen molar-refractivity contribution in [2.45, 2.75) is 24.3 Å². The molecule has 0 bridgehead atoms. The van der Waals surface area contributed by atoms with Crippen LogP contribution in [0.25, 0.3) is 0 Å². The van der Waals surface area contributed by atoms with Gasteiger partial charge in [0.15, 0.2) is 6.10 Å². The molecule has 1 atom stereocenters. The second-order valence-corrected chi connectivity index (χ2v) is 5.98. The molecule has 5 nitrogen and oxygen atoms in total. The summed E-state index contributed by atoms with van der Waals surface area (Å²) < 4.78 is 40.6. The lowest BCUT2D eigenvalue weighted by Crippen LogP contribution is -2.33. The summed E-state index contributed by atoms with van der Waals surface area (Å²) in [5, 5.41) is 0. The third-order valence-electron chi connectivity index (χ3n) is 2.13. The Balaban J connectivity index is 3.21. The number of carbonyl (C=O) groups is 1. The molecule has 8 heteroatoms. The monoisotopic (exact) mass is 295 g/mol. The molecule has 0 aliphatic rings. The Morgan fingerprint density at radius 1 is 1.56 bits per heavy atom. The Morgan fingerprint density at radius 3 is 2.61 bits per heavy atom. The summed E-state index contributed by atoms with van der Waals surface area (Å²) in [6.07, 6.45) is -0.762. The Kier molecular flexibility index (Phi) is 4.53. The highest BCUT2D eigenvalue weighted by atomic mass is 35.7. The predicted molar refractivity (Wildman–Crippen MR) is 63.3 cm³/mol. The minimum absolute atomic E-state index is 0.211. The average Bonchev–Trinajstić information content (AvgIpc) is 2.25. The number of benzene rings is 1. The fourth-order valence-electron chi connectivity index (χ4n) is 1.27. The largest absolute Gasteiger partial charge is 0.479 e. The van der Waals surface area contributed by atoms with E-state index in [9.17, 15) is 17.6 Å². The van der Waals surface area contributed by atoms with Crippen LogP contribution in [-0.2, 0) is 13.8 Å². The molecule has 100 valence electrons. The molecule has 0 spiro atoms. The van der Waals surface area contributed by atoms with E-state index in [0.29, 0.717) is 6.07 Å². The number of ether oxygens (including phenoxy) is 1. The highest BCUT2D eigenvalue weighted by molar-refractivity contribution is 8.13. The lowest BCUT2D eigenvalue weighted by atomic mass is 10.2. The molecule has 1 aromatic carbocycles. The van der Waals surface area contributed by atoms with Gasteiger partial charge >= 0.3 is 0 Å². The molecule has 0 saturated heterocycles. The molecular weight excluding hydrogens is 285 g/mol. The Bertz CT molecular complexity index is 561. The van der Waals surface area contributed by atoms with Crippen molar-refractivity contribution in [3.63, 3.8) is 0 Å². The van der Waals surface area contributed by atoms with Crippen molar-refractivity contribution in [3.8, 4) is 5.75 Å². The van der Waals surface area contributed by atoms with Gasteiger partial charge in [-0.2, -0.15) is 0 Å². The Morgan fingerprint density at radius 2 is 2.17 bits per heavy atom. The topological polar surface area (TPSA) is 86.5 Å². The SMILES string of the molecule is CCC(Oc1ccc(F)cc1S(=O)(=O)Cl)C(N)=O. The number of hydrogen-bond donors (Lipinski definition) is 1. The molecule has 0 heterocycles. The van der Waals surface area contributed by atoms with E-state index in [1.807, 2.05) is 0 Å². The first-order valence-corrected chi connectivity index (χ1v) is 7.26. The molecule has 1 amide bonds. The van der Waals surface area contributed by atoms with Gasteiger partial charge in [-0.25, -0.2) is 12.8 Å². The Labute approximate surface area is 108 Å². The zero-order valence-electron chi connectivity index (χ0n) is 9.39. The second kappa shape index (κ2) is 5.53. The molecule has 2 N–H and O–H groups in total. The molecular formula is C10H11ClFNO4S. The molecule has 0 aliphatic carbocycles. The lowest BCUT2D eigenvalue weighted by Gasteiger charge is -2.15. The molecule has 1 unspecified atom stereocenters. The third kappa shape index (κ3) is 3.58. The fraction of sp³-hybridized carbons (Fsp3) is 0.300. The van der Waals surface area contributed by atoms with Crippen molar-refractivity contribution in [2.24, 2.45) is 5.73 Å². The summed E-state index contributed by atoms with van der Waals surface area (Å²) in [5.41, 5.74) is 5.06. The van der Waals surface area contributed by atoms with Crippen LogP contribution < -0.4 is 10.5 Å². The summed E-state index contributed by atoms with van der Waals surface area (Å²) in [6.45, 7) is 1.63.